The first-order valence-corrected chi connectivity index (χ1v) is 5.62. The number of ether oxygens (including phenoxy) is 1. The SMILES string of the molecule is COC(=O)c1ccc(CN2C(=O)C(=O)N(C)C2=O)nc1. The van der Waals surface area contributed by atoms with Crippen molar-refractivity contribution in [3.63, 3.8) is 0 Å². The highest BCUT2D eigenvalue weighted by Gasteiger charge is 2.42. The molecule has 1 saturated heterocycles. The van der Waals surface area contributed by atoms with E-state index in [0.717, 1.165) is 9.80 Å². The summed E-state index contributed by atoms with van der Waals surface area (Å²) in [4.78, 5) is 51.3. The van der Waals surface area contributed by atoms with Crippen molar-refractivity contribution < 1.29 is 23.9 Å². The average molecular weight is 277 g/mol. The molecular weight excluding hydrogens is 266 g/mol. The molecule has 1 aromatic heterocycles. The van der Waals surface area contributed by atoms with Crippen molar-refractivity contribution in [2.75, 3.05) is 14.2 Å². The quantitative estimate of drug-likeness (QED) is 0.431. The molecule has 8 heteroatoms. The Morgan fingerprint density at radius 3 is 2.40 bits per heavy atom. The first-order chi connectivity index (χ1) is 9.45. The van der Waals surface area contributed by atoms with E-state index in [1.807, 2.05) is 0 Å². The predicted molar refractivity (Wildman–Crippen MR) is 64.3 cm³/mol. The fraction of sp³-hybridized carbons (Fsp3) is 0.250. The molecule has 20 heavy (non-hydrogen) atoms. The second-order valence-corrected chi connectivity index (χ2v) is 4.07. The molecule has 0 bridgehead atoms. The molecule has 0 aromatic carbocycles. The van der Waals surface area contributed by atoms with Crippen LogP contribution in [0, 0.1) is 0 Å². The number of urea groups is 1. The number of carbonyl (C=O) groups is 4. The van der Waals surface area contributed by atoms with Crippen LogP contribution in [-0.4, -0.2) is 52.8 Å². The maximum absolute atomic E-state index is 11.7. The normalized spacial score (nSPS) is 15.0. The number of esters is 1. The highest BCUT2D eigenvalue weighted by molar-refractivity contribution is 6.44. The zero-order chi connectivity index (χ0) is 14.9. The van der Waals surface area contributed by atoms with Crippen molar-refractivity contribution in [3.8, 4) is 0 Å². The van der Waals surface area contributed by atoms with Gasteiger partial charge in [0.25, 0.3) is 0 Å². The van der Waals surface area contributed by atoms with Crippen LogP contribution in [0.15, 0.2) is 18.3 Å². The van der Waals surface area contributed by atoms with Crippen LogP contribution in [0.25, 0.3) is 0 Å². The summed E-state index contributed by atoms with van der Waals surface area (Å²) in [6.45, 7) is -0.130. The van der Waals surface area contributed by atoms with Crippen molar-refractivity contribution >= 4 is 23.8 Å². The standard InChI is InChI=1S/C12H11N3O5/c1-14-9(16)10(17)15(12(14)19)6-8-4-3-7(5-13-8)11(18)20-2/h3-5H,6H2,1-2H3. The van der Waals surface area contributed by atoms with Crippen LogP contribution in [0.4, 0.5) is 4.79 Å². The number of amides is 4. The average Bonchev–Trinajstić information content (AvgIpc) is 2.65. The van der Waals surface area contributed by atoms with Crippen molar-refractivity contribution in [2.45, 2.75) is 6.54 Å². The lowest BCUT2D eigenvalue weighted by Gasteiger charge is -2.12. The Morgan fingerprint density at radius 2 is 1.95 bits per heavy atom. The number of pyridine rings is 1. The minimum atomic E-state index is -0.892. The molecule has 0 radical (unpaired) electrons. The molecule has 1 aliphatic rings. The number of nitrogens with zero attached hydrogens (tertiary/aromatic N) is 3. The van der Waals surface area contributed by atoms with E-state index >= 15 is 0 Å². The molecule has 0 unspecified atom stereocenters. The second-order valence-electron chi connectivity index (χ2n) is 4.07. The lowest BCUT2D eigenvalue weighted by molar-refractivity contribution is -0.143. The smallest absolute Gasteiger partial charge is 0.339 e. The predicted octanol–water partition coefficient (Wildman–Crippen LogP) is -0.211. The molecule has 4 amide bonds. The summed E-state index contributed by atoms with van der Waals surface area (Å²) >= 11 is 0. The van der Waals surface area contributed by atoms with Crippen molar-refractivity contribution in [1.82, 2.24) is 14.8 Å². The Kier molecular flexibility index (Phi) is 3.47. The third-order valence-corrected chi connectivity index (χ3v) is 2.82. The Morgan fingerprint density at radius 1 is 1.25 bits per heavy atom. The lowest BCUT2D eigenvalue weighted by atomic mass is 10.2. The van der Waals surface area contributed by atoms with E-state index in [4.69, 9.17) is 0 Å². The molecule has 8 nitrogen and oxygen atoms in total. The number of imide groups is 2. The summed E-state index contributed by atoms with van der Waals surface area (Å²) in [6, 6.07) is 2.25. The molecule has 2 heterocycles. The number of hydrogen-bond acceptors (Lipinski definition) is 6. The van der Waals surface area contributed by atoms with Gasteiger partial charge >= 0.3 is 23.8 Å². The Hall–Kier alpha value is -2.77. The van der Waals surface area contributed by atoms with E-state index in [9.17, 15) is 19.2 Å². The number of rotatable bonds is 3. The summed E-state index contributed by atoms with van der Waals surface area (Å²) in [5, 5.41) is 0. The van der Waals surface area contributed by atoms with Gasteiger partial charge in [-0.15, -0.1) is 0 Å². The van der Waals surface area contributed by atoms with Crippen molar-refractivity contribution in [3.05, 3.63) is 29.6 Å². The highest BCUT2D eigenvalue weighted by atomic mass is 16.5. The maximum Gasteiger partial charge on any atom is 0.339 e. The Bertz CT molecular complexity index is 596. The highest BCUT2D eigenvalue weighted by Crippen LogP contribution is 2.13. The number of hydrogen-bond donors (Lipinski definition) is 0. The van der Waals surface area contributed by atoms with Crippen molar-refractivity contribution in [1.29, 1.82) is 0 Å². The molecule has 1 aromatic rings. The van der Waals surface area contributed by atoms with Gasteiger partial charge < -0.3 is 4.74 Å². The molecule has 2 rings (SSSR count). The largest absolute Gasteiger partial charge is 0.465 e. The zero-order valence-corrected chi connectivity index (χ0v) is 10.8. The number of carbonyl (C=O) groups excluding carboxylic acids is 4. The van der Waals surface area contributed by atoms with Gasteiger partial charge in [-0.2, -0.15) is 0 Å². The first-order valence-electron chi connectivity index (χ1n) is 5.62. The molecule has 0 saturated carbocycles. The summed E-state index contributed by atoms with van der Waals surface area (Å²) < 4.78 is 4.52. The summed E-state index contributed by atoms with van der Waals surface area (Å²) in [5.41, 5.74) is 0.631. The van der Waals surface area contributed by atoms with Gasteiger partial charge in [0.2, 0.25) is 0 Å². The zero-order valence-electron chi connectivity index (χ0n) is 10.8. The third kappa shape index (κ3) is 2.22. The molecule has 0 N–H and O–H groups in total. The van der Waals surface area contributed by atoms with Crippen LogP contribution in [0.3, 0.4) is 0 Å². The van der Waals surface area contributed by atoms with Gasteiger partial charge in [-0.25, -0.2) is 14.5 Å². The minimum absolute atomic E-state index is 0.130. The van der Waals surface area contributed by atoms with Gasteiger partial charge in [-0.3, -0.25) is 19.5 Å². The minimum Gasteiger partial charge on any atom is -0.465 e. The van der Waals surface area contributed by atoms with Gasteiger partial charge in [0.05, 0.1) is 24.9 Å². The monoisotopic (exact) mass is 277 g/mol. The van der Waals surface area contributed by atoms with Crippen LogP contribution >= 0.6 is 0 Å². The molecule has 0 spiro atoms. The van der Waals surface area contributed by atoms with E-state index in [0.29, 0.717) is 5.69 Å². The fourth-order valence-corrected chi connectivity index (χ4v) is 1.67. The first kappa shape index (κ1) is 13.7. The molecule has 0 aliphatic carbocycles. The van der Waals surface area contributed by atoms with Crippen LogP contribution < -0.4 is 0 Å². The summed E-state index contributed by atoms with van der Waals surface area (Å²) in [5.74, 6) is -2.30. The van der Waals surface area contributed by atoms with Crippen LogP contribution in [0.5, 0.6) is 0 Å². The molecule has 104 valence electrons. The van der Waals surface area contributed by atoms with E-state index in [-0.39, 0.29) is 12.1 Å². The Labute approximate surface area is 113 Å². The van der Waals surface area contributed by atoms with E-state index in [2.05, 4.69) is 9.72 Å². The van der Waals surface area contributed by atoms with Gasteiger partial charge in [0, 0.05) is 13.2 Å². The molecule has 1 fully saturated rings. The number of likely N-dealkylation sites (N-methyl/N-ethyl adjacent to an activating group) is 1. The second kappa shape index (κ2) is 5.08. The van der Waals surface area contributed by atoms with Gasteiger partial charge in [-0.05, 0) is 12.1 Å². The Balaban J connectivity index is 2.15. The maximum atomic E-state index is 11.7. The van der Waals surface area contributed by atoms with Crippen LogP contribution in [-0.2, 0) is 20.9 Å². The van der Waals surface area contributed by atoms with E-state index in [1.165, 1.54) is 32.5 Å². The van der Waals surface area contributed by atoms with Gasteiger partial charge in [-0.1, -0.05) is 0 Å². The third-order valence-electron chi connectivity index (χ3n) is 2.82. The van der Waals surface area contributed by atoms with Crippen LogP contribution in [0.1, 0.15) is 16.1 Å². The molecule has 1 aliphatic heterocycles. The molecular formula is C12H11N3O5. The summed E-state index contributed by atoms with van der Waals surface area (Å²) in [7, 11) is 2.48. The van der Waals surface area contributed by atoms with Crippen molar-refractivity contribution in [2.24, 2.45) is 0 Å². The van der Waals surface area contributed by atoms with Crippen LogP contribution in [0.2, 0.25) is 0 Å². The lowest BCUT2D eigenvalue weighted by Crippen LogP contribution is -2.31. The molecule has 0 atom stereocenters. The number of methoxy groups -OCH3 is 1. The van der Waals surface area contributed by atoms with E-state index in [1.54, 1.807) is 0 Å². The van der Waals surface area contributed by atoms with Gasteiger partial charge in [0.15, 0.2) is 0 Å². The summed E-state index contributed by atoms with van der Waals surface area (Å²) in [6.07, 6.45) is 1.28. The van der Waals surface area contributed by atoms with Gasteiger partial charge in [0.1, 0.15) is 0 Å². The van der Waals surface area contributed by atoms with E-state index < -0.39 is 23.8 Å². The number of aromatic nitrogens is 1. The topological polar surface area (TPSA) is 96.9 Å². The fourth-order valence-electron chi connectivity index (χ4n) is 1.67.